The second kappa shape index (κ2) is 8.21. The number of carbonyl (C=O) groups excluding carboxylic acids is 1. The molecule has 0 aromatic heterocycles. The van der Waals surface area contributed by atoms with E-state index in [9.17, 15) is 22.4 Å². The average molecular weight is 430 g/mol. The van der Waals surface area contributed by atoms with Crippen LogP contribution in [0.2, 0.25) is 0 Å². The Morgan fingerprint density at radius 2 is 2.03 bits per heavy atom. The van der Waals surface area contributed by atoms with E-state index in [2.05, 4.69) is 6.58 Å². The first-order valence-electron chi connectivity index (χ1n) is 11.2. The van der Waals surface area contributed by atoms with Crippen molar-refractivity contribution in [3.8, 4) is 0 Å². The molecule has 0 aliphatic carbocycles. The number of halogens is 4. The molecule has 3 saturated heterocycles. The summed E-state index contributed by atoms with van der Waals surface area (Å²) in [7, 11) is 0. The number of piperidine rings is 1. The fraction of sp³-hybridized carbons (Fsp3) is 0.591. The van der Waals surface area contributed by atoms with Gasteiger partial charge in [-0.25, -0.2) is 9.18 Å². The number of rotatable bonds is 3. The second-order valence-electron chi connectivity index (χ2n) is 8.30. The first kappa shape index (κ1) is 18.7. The zero-order valence-electron chi connectivity index (χ0n) is 18.5. The molecule has 0 bridgehead atoms. The Hall–Kier alpha value is -2.09. The van der Waals surface area contributed by atoms with Crippen LogP contribution in [0.15, 0.2) is 30.4 Å². The summed E-state index contributed by atoms with van der Waals surface area (Å²) in [5, 5.41) is 0. The number of fused-ring (bicyclic) bond motifs is 1. The van der Waals surface area contributed by atoms with Crippen molar-refractivity contribution in [2.75, 3.05) is 32.8 Å². The summed E-state index contributed by atoms with van der Waals surface area (Å²) < 4.78 is 76.3. The standard InChI is InChI=1S/C22H26F4N2O2/c1-14-9-16-12-27(8-7-20(16)30-13-14)21(29)28-10-15(11-28)5-6-17-18(22(24,25)26)3-2-4-19(17)23/h2-4,15-16,20H,1,5-13H2/t16-,20+/m1/s1/i5T,6T/t5?,6?,16-,20+. The zero-order chi connectivity index (χ0) is 23.2. The molecule has 30 heavy (non-hydrogen) atoms. The molecule has 2 amide bonds. The minimum absolute atomic E-state index is 0.124. The summed E-state index contributed by atoms with van der Waals surface area (Å²) in [6, 6.07) is 2.39. The normalized spacial score (nSPS) is 28.2. The lowest BCUT2D eigenvalue weighted by Crippen LogP contribution is -2.58. The molecular formula is C22H26F4N2O2. The maximum absolute atomic E-state index is 14.2. The van der Waals surface area contributed by atoms with Gasteiger partial charge in [0.2, 0.25) is 0 Å². The quantitative estimate of drug-likeness (QED) is 0.523. The summed E-state index contributed by atoms with van der Waals surface area (Å²) in [4.78, 5) is 16.1. The number of benzene rings is 1. The fourth-order valence-corrected chi connectivity index (χ4v) is 4.43. The lowest BCUT2D eigenvalue weighted by molar-refractivity contribution is -0.138. The first-order valence-corrected chi connectivity index (χ1v) is 10.1. The van der Waals surface area contributed by atoms with E-state index in [4.69, 9.17) is 7.48 Å². The van der Waals surface area contributed by atoms with Crippen LogP contribution in [0.3, 0.4) is 0 Å². The Balaban J connectivity index is 1.36. The Morgan fingerprint density at radius 1 is 1.27 bits per heavy atom. The lowest BCUT2D eigenvalue weighted by atomic mass is 9.86. The van der Waals surface area contributed by atoms with Crippen LogP contribution in [0.25, 0.3) is 0 Å². The highest BCUT2D eigenvalue weighted by molar-refractivity contribution is 5.75. The van der Waals surface area contributed by atoms with Gasteiger partial charge in [-0.1, -0.05) is 18.2 Å². The SMILES string of the molecule is [3H]C(c1c(F)cccc1C(F)(F)F)C([3H])C1CN(C(=O)N2CC[C@@H]3OCC(=C)C[C@@H]3C2)C1. The first-order chi connectivity index (χ1) is 15.1. The lowest BCUT2D eigenvalue weighted by Gasteiger charge is -2.46. The van der Waals surface area contributed by atoms with Crippen molar-refractivity contribution >= 4 is 6.03 Å². The highest BCUT2D eigenvalue weighted by atomic mass is 19.4. The molecule has 3 aliphatic heterocycles. The predicted molar refractivity (Wildman–Crippen MR) is 103 cm³/mol. The van der Waals surface area contributed by atoms with Crippen LogP contribution in [0.1, 0.15) is 33.1 Å². The van der Waals surface area contributed by atoms with E-state index >= 15 is 0 Å². The topological polar surface area (TPSA) is 32.8 Å². The third-order valence-electron chi connectivity index (χ3n) is 6.06. The minimum atomic E-state index is -4.81. The number of carbonyl (C=O) groups is 1. The predicted octanol–water partition coefficient (Wildman–Crippen LogP) is 4.50. The number of nitrogens with zero attached hydrogens (tertiary/aromatic N) is 2. The monoisotopic (exact) mass is 430 g/mol. The van der Waals surface area contributed by atoms with Crippen LogP contribution in [0.4, 0.5) is 22.4 Å². The van der Waals surface area contributed by atoms with Crippen LogP contribution in [0, 0.1) is 17.7 Å². The second-order valence-corrected chi connectivity index (χ2v) is 8.30. The van der Waals surface area contributed by atoms with E-state index in [1.807, 2.05) is 0 Å². The molecule has 3 fully saturated rings. The van der Waals surface area contributed by atoms with Gasteiger partial charge in [0.1, 0.15) is 5.82 Å². The molecule has 164 valence electrons. The van der Waals surface area contributed by atoms with Gasteiger partial charge in [0.15, 0.2) is 0 Å². The van der Waals surface area contributed by atoms with E-state index in [1.54, 1.807) is 9.80 Å². The van der Waals surface area contributed by atoms with Gasteiger partial charge < -0.3 is 14.5 Å². The fourth-order valence-electron chi connectivity index (χ4n) is 4.43. The Morgan fingerprint density at radius 3 is 2.77 bits per heavy atom. The van der Waals surface area contributed by atoms with E-state index in [0.29, 0.717) is 19.7 Å². The van der Waals surface area contributed by atoms with Crippen LogP contribution in [0.5, 0.6) is 0 Å². The minimum Gasteiger partial charge on any atom is -0.373 e. The van der Waals surface area contributed by atoms with Crippen molar-refractivity contribution < 1.29 is 29.8 Å². The van der Waals surface area contributed by atoms with E-state index < -0.39 is 41.8 Å². The summed E-state index contributed by atoms with van der Waals surface area (Å²) in [6.07, 6.45) is -6.10. The van der Waals surface area contributed by atoms with Gasteiger partial charge in [-0.15, -0.1) is 0 Å². The van der Waals surface area contributed by atoms with Gasteiger partial charge in [-0.2, -0.15) is 13.2 Å². The average Bonchev–Trinajstić information content (AvgIpc) is 2.70. The molecule has 3 heterocycles. The highest BCUT2D eigenvalue weighted by Crippen LogP contribution is 2.35. The van der Waals surface area contributed by atoms with E-state index in [0.717, 1.165) is 36.6 Å². The smallest absolute Gasteiger partial charge is 0.373 e. The van der Waals surface area contributed by atoms with Crippen molar-refractivity contribution in [3.05, 3.63) is 47.3 Å². The van der Waals surface area contributed by atoms with Crippen LogP contribution in [-0.4, -0.2) is 54.7 Å². The van der Waals surface area contributed by atoms with Crippen LogP contribution >= 0.6 is 0 Å². The van der Waals surface area contributed by atoms with Gasteiger partial charge in [-0.05, 0) is 43.7 Å². The number of alkyl halides is 3. The van der Waals surface area contributed by atoms with Crippen molar-refractivity contribution in [2.24, 2.45) is 11.8 Å². The summed E-state index contributed by atoms with van der Waals surface area (Å²) in [6.45, 7) is 5.98. The van der Waals surface area contributed by atoms with Crippen LogP contribution in [-0.2, 0) is 17.3 Å². The molecule has 4 atom stereocenters. The van der Waals surface area contributed by atoms with Gasteiger partial charge in [0.25, 0.3) is 0 Å². The van der Waals surface area contributed by atoms with Crippen LogP contribution < -0.4 is 0 Å². The van der Waals surface area contributed by atoms with Gasteiger partial charge in [0, 0.05) is 40.4 Å². The molecule has 3 aliphatic rings. The third-order valence-corrected chi connectivity index (χ3v) is 6.06. The molecule has 4 rings (SSSR count). The van der Waals surface area contributed by atoms with Crippen molar-refractivity contribution in [2.45, 2.75) is 37.9 Å². The molecule has 4 nitrogen and oxygen atoms in total. The van der Waals surface area contributed by atoms with E-state index in [-0.39, 0.29) is 31.1 Å². The number of likely N-dealkylation sites (tertiary alicyclic amines) is 2. The summed E-state index contributed by atoms with van der Waals surface area (Å²) in [5.41, 5.74) is -1.01. The third kappa shape index (κ3) is 4.33. The Kier molecular flexibility index (Phi) is 5.11. The molecule has 8 heteroatoms. The summed E-state index contributed by atoms with van der Waals surface area (Å²) >= 11 is 0. The van der Waals surface area contributed by atoms with Crippen molar-refractivity contribution in [3.63, 3.8) is 0 Å². The number of hydrogen-bond donors (Lipinski definition) is 0. The number of ether oxygens (including phenoxy) is 1. The molecule has 0 radical (unpaired) electrons. The number of hydrogen-bond acceptors (Lipinski definition) is 2. The molecular weight excluding hydrogens is 400 g/mol. The van der Waals surface area contributed by atoms with Crippen molar-refractivity contribution in [1.82, 2.24) is 9.80 Å². The van der Waals surface area contributed by atoms with Gasteiger partial charge >= 0.3 is 12.2 Å². The maximum Gasteiger partial charge on any atom is 0.416 e. The van der Waals surface area contributed by atoms with Gasteiger partial charge in [0.05, 0.1) is 18.3 Å². The van der Waals surface area contributed by atoms with E-state index in [1.165, 1.54) is 0 Å². The largest absolute Gasteiger partial charge is 0.416 e. The number of amides is 2. The number of urea groups is 1. The molecule has 2 unspecified atom stereocenters. The van der Waals surface area contributed by atoms with Gasteiger partial charge in [-0.3, -0.25) is 0 Å². The molecule has 0 saturated carbocycles. The Labute approximate surface area is 176 Å². The molecule has 0 spiro atoms. The highest BCUT2D eigenvalue weighted by Gasteiger charge is 2.40. The summed E-state index contributed by atoms with van der Waals surface area (Å²) in [5.74, 6) is -1.42. The maximum atomic E-state index is 14.2. The zero-order valence-corrected chi connectivity index (χ0v) is 16.5. The molecule has 1 aromatic rings. The molecule has 1 aromatic carbocycles. The van der Waals surface area contributed by atoms with Crippen molar-refractivity contribution in [1.29, 1.82) is 0 Å². The molecule has 0 N–H and O–H groups in total. The Bertz CT molecular complexity index is 891.